The number of rotatable bonds is 4. The Bertz CT molecular complexity index is 543. The summed E-state index contributed by atoms with van der Waals surface area (Å²) in [6.45, 7) is 2.02. The van der Waals surface area contributed by atoms with Crippen molar-refractivity contribution in [2.75, 3.05) is 0 Å². The molecule has 0 aromatic heterocycles. The third-order valence-corrected chi connectivity index (χ3v) is 4.26. The smallest absolute Gasteiger partial charge is 0.212 e. The summed E-state index contributed by atoms with van der Waals surface area (Å²) in [7, 11) is -3.26. The van der Waals surface area contributed by atoms with Crippen LogP contribution in [0.1, 0.15) is 24.5 Å². The number of hydrogen-bond acceptors (Lipinski definition) is 3. The maximum absolute atomic E-state index is 11.8. The highest BCUT2D eigenvalue weighted by atomic mass is 32.2. The summed E-state index contributed by atoms with van der Waals surface area (Å²) in [6.07, 6.45) is 0.923. The fraction of sp³-hybridized carbons (Fsp3) is 0.417. The summed E-state index contributed by atoms with van der Waals surface area (Å²) in [5, 5.41) is 8.64. The minimum atomic E-state index is -3.26. The first-order valence-corrected chi connectivity index (χ1v) is 7.14. The van der Waals surface area contributed by atoms with Gasteiger partial charge in [-0.3, -0.25) is 0 Å². The van der Waals surface area contributed by atoms with Crippen LogP contribution in [0.5, 0.6) is 0 Å². The van der Waals surface area contributed by atoms with Crippen molar-refractivity contribution < 1.29 is 8.42 Å². The first-order chi connectivity index (χ1) is 8.00. The molecular weight excluding hydrogens is 236 g/mol. The van der Waals surface area contributed by atoms with Crippen LogP contribution in [-0.2, 0) is 15.8 Å². The average molecular weight is 250 g/mol. The Balaban J connectivity index is 2.01. The summed E-state index contributed by atoms with van der Waals surface area (Å²) >= 11 is 0. The topological polar surface area (TPSA) is 70.0 Å². The Morgan fingerprint density at radius 1 is 1.41 bits per heavy atom. The van der Waals surface area contributed by atoms with E-state index < -0.39 is 10.0 Å². The lowest BCUT2D eigenvalue weighted by molar-refractivity contribution is 0.577. The minimum Gasteiger partial charge on any atom is -0.212 e. The van der Waals surface area contributed by atoms with Crippen molar-refractivity contribution in [3.05, 3.63) is 35.4 Å². The Labute approximate surface area is 101 Å². The van der Waals surface area contributed by atoms with E-state index in [9.17, 15) is 8.42 Å². The number of nitriles is 1. The van der Waals surface area contributed by atoms with Crippen molar-refractivity contribution in [1.29, 1.82) is 5.26 Å². The van der Waals surface area contributed by atoms with Crippen molar-refractivity contribution >= 4 is 10.0 Å². The molecule has 1 N–H and O–H groups in total. The standard InChI is InChI=1S/C12H14N2O2S/c1-9-6-12(9)14-17(15,16)8-11-4-2-10(7-13)3-5-11/h2-5,9,12,14H,6,8H2,1H3. The largest absolute Gasteiger partial charge is 0.216 e. The zero-order valence-electron chi connectivity index (χ0n) is 9.55. The van der Waals surface area contributed by atoms with Crippen LogP contribution >= 0.6 is 0 Å². The molecule has 2 unspecified atom stereocenters. The summed E-state index contributed by atoms with van der Waals surface area (Å²) in [4.78, 5) is 0. The molecule has 17 heavy (non-hydrogen) atoms. The van der Waals surface area contributed by atoms with Crippen LogP contribution in [0.2, 0.25) is 0 Å². The van der Waals surface area contributed by atoms with Gasteiger partial charge in [0.1, 0.15) is 0 Å². The summed E-state index contributed by atoms with van der Waals surface area (Å²) in [5.41, 5.74) is 1.24. The van der Waals surface area contributed by atoms with Gasteiger partial charge in [0.25, 0.3) is 0 Å². The Hall–Kier alpha value is -1.38. The molecule has 1 aromatic rings. The summed E-state index contributed by atoms with van der Waals surface area (Å²) in [5.74, 6) is 0.424. The molecule has 0 bridgehead atoms. The molecule has 0 radical (unpaired) electrons. The molecule has 0 amide bonds. The molecule has 90 valence electrons. The second-order valence-electron chi connectivity index (χ2n) is 4.51. The highest BCUT2D eigenvalue weighted by Gasteiger charge is 2.35. The highest BCUT2D eigenvalue weighted by molar-refractivity contribution is 7.88. The number of hydrogen-bond donors (Lipinski definition) is 1. The summed E-state index contributed by atoms with van der Waals surface area (Å²) < 4.78 is 26.2. The zero-order chi connectivity index (χ0) is 12.5. The minimum absolute atomic E-state index is 0.0259. The van der Waals surface area contributed by atoms with Gasteiger partial charge in [-0.2, -0.15) is 5.26 Å². The lowest BCUT2D eigenvalue weighted by Gasteiger charge is -2.05. The van der Waals surface area contributed by atoms with E-state index in [1.165, 1.54) is 0 Å². The van der Waals surface area contributed by atoms with Crippen LogP contribution in [0.3, 0.4) is 0 Å². The van der Waals surface area contributed by atoms with E-state index >= 15 is 0 Å². The first-order valence-electron chi connectivity index (χ1n) is 5.49. The van der Waals surface area contributed by atoms with E-state index in [-0.39, 0.29) is 11.8 Å². The lowest BCUT2D eigenvalue weighted by Crippen LogP contribution is -2.28. The van der Waals surface area contributed by atoms with E-state index in [4.69, 9.17) is 5.26 Å². The van der Waals surface area contributed by atoms with Gasteiger partial charge < -0.3 is 0 Å². The highest BCUT2D eigenvalue weighted by Crippen LogP contribution is 2.30. The van der Waals surface area contributed by atoms with Gasteiger partial charge in [0, 0.05) is 6.04 Å². The number of sulfonamides is 1. The molecule has 0 saturated heterocycles. The van der Waals surface area contributed by atoms with Crippen molar-refractivity contribution in [1.82, 2.24) is 4.72 Å². The normalized spacial score (nSPS) is 23.1. The number of nitrogens with zero attached hydrogens (tertiary/aromatic N) is 1. The predicted molar refractivity (Wildman–Crippen MR) is 64.5 cm³/mol. The van der Waals surface area contributed by atoms with Gasteiger partial charge in [-0.05, 0) is 30.0 Å². The molecule has 0 aliphatic heterocycles. The van der Waals surface area contributed by atoms with Gasteiger partial charge in [-0.25, -0.2) is 13.1 Å². The van der Waals surface area contributed by atoms with Crippen LogP contribution in [0.15, 0.2) is 24.3 Å². The van der Waals surface area contributed by atoms with Gasteiger partial charge in [0.15, 0.2) is 0 Å². The molecule has 1 saturated carbocycles. The zero-order valence-corrected chi connectivity index (χ0v) is 10.4. The van der Waals surface area contributed by atoms with Gasteiger partial charge in [0.2, 0.25) is 10.0 Å². The molecule has 1 fully saturated rings. The molecule has 1 aliphatic rings. The van der Waals surface area contributed by atoms with Gasteiger partial charge in [-0.1, -0.05) is 19.1 Å². The van der Waals surface area contributed by atoms with E-state index in [1.54, 1.807) is 24.3 Å². The van der Waals surface area contributed by atoms with E-state index in [0.717, 1.165) is 6.42 Å². The van der Waals surface area contributed by atoms with Crippen molar-refractivity contribution in [3.8, 4) is 6.07 Å². The summed E-state index contributed by atoms with van der Waals surface area (Å²) in [6, 6.07) is 8.72. The fourth-order valence-electron chi connectivity index (χ4n) is 1.65. The van der Waals surface area contributed by atoms with Gasteiger partial charge in [-0.15, -0.1) is 0 Å². The van der Waals surface area contributed by atoms with Crippen molar-refractivity contribution in [2.24, 2.45) is 5.92 Å². The molecule has 2 rings (SSSR count). The van der Waals surface area contributed by atoms with Crippen LogP contribution in [0.4, 0.5) is 0 Å². The second kappa shape index (κ2) is 4.47. The fourth-order valence-corrected chi connectivity index (χ4v) is 3.16. The molecule has 0 heterocycles. The molecule has 4 nitrogen and oxygen atoms in total. The van der Waals surface area contributed by atoms with Crippen LogP contribution < -0.4 is 4.72 Å². The third kappa shape index (κ3) is 3.29. The first kappa shape index (κ1) is 12.1. The average Bonchev–Trinajstić information content (AvgIpc) is 2.93. The molecule has 1 aromatic carbocycles. The van der Waals surface area contributed by atoms with E-state index in [0.29, 0.717) is 17.0 Å². The molecule has 0 spiro atoms. The van der Waals surface area contributed by atoms with Crippen LogP contribution in [0.25, 0.3) is 0 Å². The SMILES string of the molecule is CC1CC1NS(=O)(=O)Cc1ccc(C#N)cc1. The van der Waals surface area contributed by atoms with Crippen LogP contribution in [-0.4, -0.2) is 14.5 Å². The maximum Gasteiger partial charge on any atom is 0.216 e. The van der Waals surface area contributed by atoms with Crippen molar-refractivity contribution in [2.45, 2.75) is 25.1 Å². The quantitative estimate of drug-likeness (QED) is 0.877. The number of benzene rings is 1. The second-order valence-corrected chi connectivity index (χ2v) is 6.26. The van der Waals surface area contributed by atoms with Gasteiger partial charge in [0.05, 0.1) is 17.4 Å². The van der Waals surface area contributed by atoms with Crippen LogP contribution in [0, 0.1) is 17.2 Å². The molecular formula is C12H14N2O2S. The third-order valence-electron chi connectivity index (χ3n) is 2.88. The Morgan fingerprint density at radius 2 is 2.00 bits per heavy atom. The molecule has 2 atom stereocenters. The Kier molecular flexibility index (Phi) is 3.18. The molecule has 5 heteroatoms. The lowest BCUT2D eigenvalue weighted by atomic mass is 10.2. The van der Waals surface area contributed by atoms with Crippen molar-refractivity contribution in [3.63, 3.8) is 0 Å². The van der Waals surface area contributed by atoms with E-state index in [2.05, 4.69) is 4.72 Å². The van der Waals surface area contributed by atoms with Gasteiger partial charge >= 0.3 is 0 Å². The maximum atomic E-state index is 11.8. The monoisotopic (exact) mass is 250 g/mol. The van der Waals surface area contributed by atoms with E-state index in [1.807, 2.05) is 13.0 Å². The molecule has 1 aliphatic carbocycles. The number of nitrogens with one attached hydrogen (secondary N) is 1. The predicted octanol–water partition coefficient (Wildman–Crippen LogP) is 1.39. The Morgan fingerprint density at radius 3 is 2.47 bits per heavy atom.